The van der Waals surface area contributed by atoms with E-state index in [2.05, 4.69) is 53.4 Å². The average Bonchev–Trinajstić information content (AvgIpc) is 3.05. The SMILES string of the molecule is NCC1c2cc(Oc3ccccc3)ccc2CN1CCc1ccccc1. The zero-order valence-corrected chi connectivity index (χ0v) is 14.8. The van der Waals surface area contributed by atoms with Crippen LogP contribution in [0.25, 0.3) is 0 Å². The summed E-state index contributed by atoms with van der Waals surface area (Å²) in [5.74, 6) is 1.73. The molecule has 0 bridgehead atoms. The summed E-state index contributed by atoms with van der Waals surface area (Å²) in [6, 6.07) is 27.2. The number of benzene rings is 3. The zero-order chi connectivity index (χ0) is 17.8. The second-order valence-corrected chi connectivity index (χ2v) is 6.73. The highest BCUT2D eigenvalue weighted by molar-refractivity contribution is 5.42. The molecule has 3 aromatic rings. The van der Waals surface area contributed by atoms with Crippen LogP contribution in [0.4, 0.5) is 0 Å². The Morgan fingerprint density at radius 1 is 0.885 bits per heavy atom. The van der Waals surface area contributed by atoms with Gasteiger partial charge in [0, 0.05) is 25.7 Å². The van der Waals surface area contributed by atoms with Gasteiger partial charge >= 0.3 is 0 Å². The van der Waals surface area contributed by atoms with E-state index in [1.54, 1.807) is 0 Å². The summed E-state index contributed by atoms with van der Waals surface area (Å²) in [4.78, 5) is 2.48. The third-order valence-electron chi connectivity index (χ3n) is 5.02. The maximum atomic E-state index is 6.13. The van der Waals surface area contributed by atoms with Gasteiger partial charge < -0.3 is 10.5 Å². The lowest BCUT2D eigenvalue weighted by Crippen LogP contribution is -2.29. The zero-order valence-electron chi connectivity index (χ0n) is 14.8. The molecule has 0 saturated heterocycles. The van der Waals surface area contributed by atoms with Crippen LogP contribution in [0.15, 0.2) is 78.9 Å². The summed E-state index contributed by atoms with van der Waals surface area (Å²) in [6.07, 6.45) is 1.04. The Morgan fingerprint density at radius 3 is 2.35 bits per heavy atom. The van der Waals surface area contributed by atoms with Crippen molar-refractivity contribution in [3.8, 4) is 11.5 Å². The van der Waals surface area contributed by atoms with Gasteiger partial charge in [-0.05, 0) is 47.4 Å². The molecule has 4 rings (SSSR count). The average molecular weight is 344 g/mol. The Kier molecular flexibility index (Phi) is 5.00. The first-order valence-electron chi connectivity index (χ1n) is 9.17. The van der Waals surface area contributed by atoms with Gasteiger partial charge in [0.25, 0.3) is 0 Å². The molecule has 0 radical (unpaired) electrons. The minimum Gasteiger partial charge on any atom is -0.457 e. The van der Waals surface area contributed by atoms with Crippen LogP contribution < -0.4 is 10.5 Å². The van der Waals surface area contributed by atoms with Gasteiger partial charge in [0.1, 0.15) is 11.5 Å². The van der Waals surface area contributed by atoms with E-state index in [4.69, 9.17) is 10.5 Å². The summed E-state index contributed by atoms with van der Waals surface area (Å²) in [6.45, 7) is 2.58. The standard InChI is InChI=1S/C23H24N2O/c24-16-23-22-15-21(26-20-9-5-2-6-10-20)12-11-19(22)17-25(23)14-13-18-7-3-1-4-8-18/h1-12,15,23H,13-14,16-17,24H2. The molecule has 1 heterocycles. The molecule has 26 heavy (non-hydrogen) atoms. The van der Waals surface area contributed by atoms with E-state index < -0.39 is 0 Å². The monoisotopic (exact) mass is 344 g/mol. The van der Waals surface area contributed by atoms with Crippen molar-refractivity contribution < 1.29 is 4.74 Å². The lowest BCUT2D eigenvalue weighted by Gasteiger charge is -2.23. The van der Waals surface area contributed by atoms with Crippen LogP contribution in [0.1, 0.15) is 22.7 Å². The number of fused-ring (bicyclic) bond motifs is 1. The third kappa shape index (κ3) is 3.64. The molecule has 0 fully saturated rings. The molecule has 1 unspecified atom stereocenters. The van der Waals surface area contributed by atoms with Crippen molar-refractivity contribution in [3.05, 3.63) is 95.6 Å². The topological polar surface area (TPSA) is 38.5 Å². The first-order chi connectivity index (χ1) is 12.8. The maximum absolute atomic E-state index is 6.13. The minimum absolute atomic E-state index is 0.257. The molecule has 0 aliphatic carbocycles. The van der Waals surface area contributed by atoms with Crippen molar-refractivity contribution in [3.63, 3.8) is 0 Å². The van der Waals surface area contributed by atoms with Crippen LogP contribution in [-0.4, -0.2) is 18.0 Å². The molecule has 0 spiro atoms. The van der Waals surface area contributed by atoms with Crippen molar-refractivity contribution in [1.82, 2.24) is 4.90 Å². The molecule has 132 valence electrons. The quantitative estimate of drug-likeness (QED) is 0.713. The number of rotatable bonds is 6. The van der Waals surface area contributed by atoms with Crippen molar-refractivity contribution in [1.29, 1.82) is 0 Å². The van der Waals surface area contributed by atoms with Gasteiger partial charge in [-0.15, -0.1) is 0 Å². The second-order valence-electron chi connectivity index (χ2n) is 6.73. The van der Waals surface area contributed by atoms with Crippen LogP contribution in [0.3, 0.4) is 0 Å². The number of hydrogen-bond acceptors (Lipinski definition) is 3. The van der Waals surface area contributed by atoms with E-state index in [0.29, 0.717) is 6.54 Å². The van der Waals surface area contributed by atoms with E-state index in [1.807, 2.05) is 30.3 Å². The fourth-order valence-electron chi connectivity index (χ4n) is 3.67. The molecule has 0 saturated carbocycles. The lowest BCUT2D eigenvalue weighted by molar-refractivity contribution is 0.223. The lowest BCUT2D eigenvalue weighted by atomic mass is 10.0. The number of para-hydroxylation sites is 1. The van der Waals surface area contributed by atoms with Crippen LogP contribution in [-0.2, 0) is 13.0 Å². The van der Waals surface area contributed by atoms with Gasteiger partial charge in [-0.2, -0.15) is 0 Å². The Hall–Kier alpha value is -2.62. The number of ether oxygens (including phenoxy) is 1. The largest absolute Gasteiger partial charge is 0.457 e. The van der Waals surface area contributed by atoms with E-state index >= 15 is 0 Å². The van der Waals surface area contributed by atoms with Gasteiger partial charge in [0.15, 0.2) is 0 Å². The Morgan fingerprint density at radius 2 is 1.62 bits per heavy atom. The molecule has 2 N–H and O–H groups in total. The summed E-state index contributed by atoms with van der Waals surface area (Å²) in [5, 5.41) is 0. The summed E-state index contributed by atoms with van der Waals surface area (Å²) in [7, 11) is 0. The van der Waals surface area contributed by atoms with Crippen molar-refractivity contribution in [2.45, 2.75) is 19.0 Å². The number of nitrogens with two attached hydrogens (primary N) is 1. The Labute approximate surface area is 155 Å². The molecule has 1 atom stereocenters. The Balaban J connectivity index is 1.48. The van der Waals surface area contributed by atoms with Gasteiger partial charge in [-0.3, -0.25) is 4.90 Å². The normalized spacial score (nSPS) is 16.4. The fraction of sp³-hybridized carbons (Fsp3) is 0.217. The summed E-state index contributed by atoms with van der Waals surface area (Å²) >= 11 is 0. The van der Waals surface area contributed by atoms with Gasteiger partial charge in [0.05, 0.1) is 0 Å². The summed E-state index contributed by atoms with van der Waals surface area (Å²) in [5.41, 5.74) is 10.2. The third-order valence-corrected chi connectivity index (χ3v) is 5.02. The predicted octanol–water partition coefficient (Wildman–Crippen LogP) is 4.54. The maximum Gasteiger partial charge on any atom is 0.127 e. The molecule has 3 nitrogen and oxygen atoms in total. The number of nitrogens with zero attached hydrogens (tertiary/aromatic N) is 1. The van der Waals surface area contributed by atoms with Crippen LogP contribution in [0, 0.1) is 0 Å². The van der Waals surface area contributed by atoms with E-state index in [-0.39, 0.29) is 6.04 Å². The molecule has 1 aliphatic rings. The highest BCUT2D eigenvalue weighted by atomic mass is 16.5. The molecule has 3 heteroatoms. The fourth-order valence-corrected chi connectivity index (χ4v) is 3.67. The van der Waals surface area contributed by atoms with Gasteiger partial charge in [-0.1, -0.05) is 54.6 Å². The summed E-state index contributed by atoms with van der Waals surface area (Å²) < 4.78 is 6.00. The number of hydrogen-bond donors (Lipinski definition) is 1. The minimum atomic E-state index is 0.257. The predicted molar refractivity (Wildman–Crippen MR) is 105 cm³/mol. The smallest absolute Gasteiger partial charge is 0.127 e. The first-order valence-corrected chi connectivity index (χ1v) is 9.17. The van der Waals surface area contributed by atoms with Crippen LogP contribution >= 0.6 is 0 Å². The van der Waals surface area contributed by atoms with E-state index in [9.17, 15) is 0 Å². The highest BCUT2D eigenvalue weighted by Gasteiger charge is 2.29. The van der Waals surface area contributed by atoms with Crippen molar-refractivity contribution in [2.75, 3.05) is 13.1 Å². The van der Waals surface area contributed by atoms with Crippen molar-refractivity contribution in [2.24, 2.45) is 5.73 Å². The highest BCUT2D eigenvalue weighted by Crippen LogP contribution is 2.36. The molecule has 3 aromatic carbocycles. The first kappa shape index (κ1) is 16.8. The second kappa shape index (κ2) is 7.73. The molecule has 0 amide bonds. The molecular weight excluding hydrogens is 320 g/mol. The Bertz CT molecular complexity index is 849. The molecular formula is C23H24N2O. The van der Waals surface area contributed by atoms with Gasteiger partial charge in [0.2, 0.25) is 0 Å². The van der Waals surface area contributed by atoms with Crippen molar-refractivity contribution >= 4 is 0 Å². The van der Waals surface area contributed by atoms with Crippen LogP contribution in [0.2, 0.25) is 0 Å². The molecule has 1 aliphatic heterocycles. The van der Waals surface area contributed by atoms with Crippen LogP contribution in [0.5, 0.6) is 11.5 Å². The van der Waals surface area contributed by atoms with E-state index in [0.717, 1.165) is 31.0 Å². The van der Waals surface area contributed by atoms with Gasteiger partial charge in [-0.25, -0.2) is 0 Å². The molecule has 0 aromatic heterocycles. The van der Waals surface area contributed by atoms with E-state index in [1.165, 1.54) is 16.7 Å².